The van der Waals surface area contributed by atoms with Crippen molar-refractivity contribution in [3.63, 3.8) is 0 Å². The lowest BCUT2D eigenvalue weighted by Gasteiger charge is -2.08. The highest BCUT2D eigenvalue weighted by Crippen LogP contribution is 2.16. The molecule has 1 aromatic heterocycles. The maximum Gasteiger partial charge on any atom is 0.279 e. The monoisotopic (exact) mass is 294 g/mol. The van der Waals surface area contributed by atoms with Gasteiger partial charge < -0.3 is 5.32 Å². The van der Waals surface area contributed by atoms with Gasteiger partial charge in [-0.2, -0.15) is 13.5 Å². The number of aromatic amines is 1. The van der Waals surface area contributed by atoms with Crippen LogP contribution in [0.1, 0.15) is 18.9 Å². The summed E-state index contributed by atoms with van der Waals surface area (Å²) in [6.07, 6.45) is 2.52. The molecule has 0 aliphatic rings. The molecular formula is C13H18N4O2S. The lowest BCUT2D eigenvalue weighted by Crippen LogP contribution is -2.19. The van der Waals surface area contributed by atoms with Gasteiger partial charge in [-0.3, -0.25) is 9.82 Å². The van der Waals surface area contributed by atoms with E-state index in [0.29, 0.717) is 17.8 Å². The summed E-state index contributed by atoms with van der Waals surface area (Å²) in [7, 11) is -3.65. The average molecular weight is 294 g/mol. The van der Waals surface area contributed by atoms with E-state index in [-0.39, 0.29) is 5.03 Å². The van der Waals surface area contributed by atoms with Gasteiger partial charge in [0.1, 0.15) is 0 Å². The lowest BCUT2D eigenvalue weighted by atomic mass is 10.3. The number of para-hydroxylation sites is 1. The number of hydrogen-bond donors (Lipinski definition) is 3. The zero-order chi connectivity index (χ0) is 14.4. The van der Waals surface area contributed by atoms with E-state index in [0.717, 1.165) is 13.0 Å². The number of hydrogen-bond acceptors (Lipinski definition) is 4. The summed E-state index contributed by atoms with van der Waals surface area (Å²) >= 11 is 0. The molecule has 108 valence electrons. The molecule has 2 rings (SSSR count). The molecule has 0 aliphatic heterocycles. The predicted molar refractivity (Wildman–Crippen MR) is 77.8 cm³/mol. The molecule has 6 nitrogen and oxygen atoms in total. The molecule has 0 fully saturated rings. The summed E-state index contributed by atoms with van der Waals surface area (Å²) in [4.78, 5) is 0. The van der Waals surface area contributed by atoms with E-state index in [9.17, 15) is 8.42 Å². The van der Waals surface area contributed by atoms with E-state index in [1.807, 2.05) is 6.07 Å². The average Bonchev–Trinajstić information content (AvgIpc) is 2.89. The van der Waals surface area contributed by atoms with E-state index in [1.165, 1.54) is 6.20 Å². The van der Waals surface area contributed by atoms with E-state index in [4.69, 9.17) is 0 Å². The van der Waals surface area contributed by atoms with Crippen molar-refractivity contribution in [1.29, 1.82) is 0 Å². The van der Waals surface area contributed by atoms with Crippen LogP contribution >= 0.6 is 0 Å². The van der Waals surface area contributed by atoms with Crippen LogP contribution in [-0.4, -0.2) is 25.2 Å². The van der Waals surface area contributed by atoms with Crippen molar-refractivity contribution in [2.75, 3.05) is 11.3 Å². The van der Waals surface area contributed by atoms with Crippen molar-refractivity contribution >= 4 is 15.7 Å². The van der Waals surface area contributed by atoms with Gasteiger partial charge in [0, 0.05) is 17.8 Å². The minimum Gasteiger partial charge on any atom is -0.313 e. The largest absolute Gasteiger partial charge is 0.313 e. The van der Waals surface area contributed by atoms with Crippen LogP contribution in [0.3, 0.4) is 0 Å². The Morgan fingerprint density at radius 3 is 2.70 bits per heavy atom. The number of H-pyrrole nitrogens is 1. The van der Waals surface area contributed by atoms with Gasteiger partial charge in [-0.1, -0.05) is 25.1 Å². The molecule has 0 aliphatic carbocycles. The van der Waals surface area contributed by atoms with Gasteiger partial charge >= 0.3 is 0 Å². The predicted octanol–water partition coefficient (Wildman–Crippen LogP) is 1.71. The first-order valence-corrected chi connectivity index (χ1v) is 7.92. The Morgan fingerprint density at radius 2 is 2.00 bits per heavy atom. The fourth-order valence-electron chi connectivity index (χ4n) is 1.77. The quantitative estimate of drug-likeness (QED) is 0.678. The molecular weight excluding hydrogens is 276 g/mol. The highest BCUT2D eigenvalue weighted by Gasteiger charge is 2.20. The van der Waals surface area contributed by atoms with Crippen LogP contribution in [0.4, 0.5) is 5.69 Å². The Balaban J connectivity index is 2.15. The number of nitrogens with zero attached hydrogens (tertiary/aromatic N) is 1. The Hall–Kier alpha value is -1.86. The normalized spacial score (nSPS) is 11.4. The molecule has 0 saturated carbocycles. The Labute approximate surface area is 118 Å². The van der Waals surface area contributed by atoms with Gasteiger partial charge in [-0.15, -0.1) is 0 Å². The van der Waals surface area contributed by atoms with Crippen LogP contribution in [0, 0.1) is 0 Å². The molecule has 0 radical (unpaired) electrons. The third kappa shape index (κ3) is 3.58. The number of anilines is 1. The molecule has 0 unspecified atom stereocenters. The molecule has 1 aromatic carbocycles. The summed E-state index contributed by atoms with van der Waals surface area (Å²) in [5, 5.41) is 9.64. The first kappa shape index (κ1) is 14.5. The van der Waals surface area contributed by atoms with Crippen LogP contribution in [0.25, 0.3) is 0 Å². The summed E-state index contributed by atoms with van der Waals surface area (Å²) in [6.45, 7) is 3.35. The Kier molecular flexibility index (Phi) is 4.75. The van der Waals surface area contributed by atoms with Crippen LogP contribution in [0.2, 0.25) is 0 Å². The highest BCUT2D eigenvalue weighted by molar-refractivity contribution is 7.92. The minimum absolute atomic E-state index is 0.102. The van der Waals surface area contributed by atoms with Crippen molar-refractivity contribution < 1.29 is 8.42 Å². The molecule has 0 spiro atoms. The number of sulfonamides is 1. The minimum atomic E-state index is -3.65. The second-order valence-electron chi connectivity index (χ2n) is 4.37. The van der Waals surface area contributed by atoms with Crippen LogP contribution in [-0.2, 0) is 16.6 Å². The molecule has 7 heteroatoms. The highest BCUT2D eigenvalue weighted by atomic mass is 32.2. The van der Waals surface area contributed by atoms with Crippen molar-refractivity contribution in [1.82, 2.24) is 15.5 Å². The maximum atomic E-state index is 12.3. The number of aromatic nitrogens is 2. The summed E-state index contributed by atoms with van der Waals surface area (Å²) in [6, 6.07) is 8.77. The molecule has 0 amide bonds. The zero-order valence-corrected chi connectivity index (χ0v) is 12.1. The summed E-state index contributed by atoms with van der Waals surface area (Å²) < 4.78 is 27.1. The fourth-order valence-corrected chi connectivity index (χ4v) is 2.96. The molecule has 2 aromatic rings. The first-order valence-electron chi connectivity index (χ1n) is 6.44. The summed E-state index contributed by atoms with van der Waals surface area (Å²) in [5.74, 6) is 0. The van der Waals surface area contributed by atoms with Gasteiger partial charge in [0.15, 0.2) is 5.03 Å². The van der Waals surface area contributed by atoms with Gasteiger partial charge in [-0.25, -0.2) is 0 Å². The van der Waals surface area contributed by atoms with Crippen LogP contribution in [0.5, 0.6) is 0 Å². The molecule has 0 bridgehead atoms. The Morgan fingerprint density at radius 1 is 1.25 bits per heavy atom. The van der Waals surface area contributed by atoms with Crippen LogP contribution < -0.4 is 10.0 Å². The van der Waals surface area contributed by atoms with E-state index in [2.05, 4.69) is 27.2 Å². The van der Waals surface area contributed by atoms with Crippen molar-refractivity contribution in [2.45, 2.75) is 24.9 Å². The zero-order valence-electron chi connectivity index (χ0n) is 11.3. The molecule has 0 atom stereocenters. The fraction of sp³-hybridized carbons (Fsp3) is 0.308. The lowest BCUT2D eigenvalue weighted by molar-refractivity contribution is 0.593. The third-order valence-electron chi connectivity index (χ3n) is 2.72. The number of benzene rings is 1. The molecule has 1 heterocycles. The first-order chi connectivity index (χ1) is 9.63. The van der Waals surface area contributed by atoms with E-state index >= 15 is 0 Å². The topological polar surface area (TPSA) is 86.9 Å². The van der Waals surface area contributed by atoms with Crippen molar-refractivity contribution in [3.05, 3.63) is 42.1 Å². The Bertz CT molecular complexity index is 637. The molecule has 0 saturated heterocycles. The number of nitrogens with one attached hydrogen (secondary N) is 3. The standard InChI is InChI=1S/C13H18N4O2S/c1-2-8-14-9-11-10-15-16-13(11)20(18,19)17-12-6-4-3-5-7-12/h3-7,10,14,17H,2,8-9H2,1H3,(H,15,16). The van der Waals surface area contributed by atoms with Gasteiger partial charge in [0.2, 0.25) is 0 Å². The van der Waals surface area contributed by atoms with Gasteiger partial charge in [0.25, 0.3) is 10.0 Å². The second-order valence-corrected chi connectivity index (χ2v) is 5.99. The van der Waals surface area contributed by atoms with Gasteiger partial charge in [-0.05, 0) is 25.1 Å². The summed E-state index contributed by atoms with van der Waals surface area (Å²) in [5.41, 5.74) is 1.15. The second kappa shape index (κ2) is 6.53. The molecule has 3 N–H and O–H groups in total. The smallest absolute Gasteiger partial charge is 0.279 e. The molecule has 20 heavy (non-hydrogen) atoms. The van der Waals surface area contributed by atoms with E-state index in [1.54, 1.807) is 24.3 Å². The van der Waals surface area contributed by atoms with Crippen molar-refractivity contribution in [2.24, 2.45) is 0 Å². The van der Waals surface area contributed by atoms with E-state index < -0.39 is 10.0 Å². The SMILES string of the molecule is CCCNCc1cn[nH]c1S(=O)(=O)Nc1ccccc1. The van der Waals surface area contributed by atoms with Crippen LogP contribution in [0.15, 0.2) is 41.6 Å². The maximum absolute atomic E-state index is 12.3. The number of rotatable bonds is 7. The van der Waals surface area contributed by atoms with Crippen molar-refractivity contribution in [3.8, 4) is 0 Å². The van der Waals surface area contributed by atoms with Gasteiger partial charge in [0.05, 0.1) is 6.20 Å². The third-order valence-corrected chi connectivity index (χ3v) is 4.11.